The van der Waals surface area contributed by atoms with E-state index in [0.717, 1.165) is 4.90 Å². The molecule has 30 heavy (non-hydrogen) atoms. The van der Waals surface area contributed by atoms with E-state index in [1.54, 1.807) is 17.8 Å². The predicted octanol–water partition coefficient (Wildman–Crippen LogP) is 4.78. The van der Waals surface area contributed by atoms with Crippen LogP contribution in [0.3, 0.4) is 0 Å². The summed E-state index contributed by atoms with van der Waals surface area (Å²) in [5.41, 5.74) is 0.0577. The number of hydrogen-bond acceptors (Lipinski definition) is 5. The van der Waals surface area contributed by atoms with Gasteiger partial charge in [-0.1, -0.05) is 41.4 Å². The molecule has 5 nitrogen and oxygen atoms in total. The first-order valence-corrected chi connectivity index (χ1v) is 10.6. The number of carboxylic acids is 1. The number of rotatable bonds is 8. The third-order valence-electron chi connectivity index (χ3n) is 4.00. The lowest BCUT2D eigenvalue weighted by Crippen LogP contribution is -2.25. The lowest BCUT2D eigenvalue weighted by atomic mass is 10.1. The number of amides is 1. The molecular formula is C22H16Cl2NO4S-. The number of anilines is 1. The van der Waals surface area contributed by atoms with Crippen LogP contribution in [0.4, 0.5) is 5.69 Å². The summed E-state index contributed by atoms with van der Waals surface area (Å²) >= 11 is 13.5. The zero-order valence-corrected chi connectivity index (χ0v) is 17.9. The number of aromatic carboxylic acids is 1. The average molecular weight is 461 g/mol. The molecule has 0 radical (unpaired) electrons. The number of benzene rings is 3. The first kappa shape index (κ1) is 22.0. The number of nitrogens with one attached hydrogen (secondary N) is 1. The monoisotopic (exact) mass is 460 g/mol. The molecule has 0 spiro atoms. The van der Waals surface area contributed by atoms with Crippen LogP contribution in [0, 0.1) is 0 Å². The first-order valence-electron chi connectivity index (χ1n) is 8.86. The molecule has 0 unspecified atom stereocenters. The summed E-state index contributed by atoms with van der Waals surface area (Å²) in [6.07, 6.45) is 0. The third kappa shape index (κ3) is 5.92. The van der Waals surface area contributed by atoms with Gasteiger partial charge in [0.2, 0.25) is 0 Å². The Bertz CT molecular complexity index is 1060. The second-order valence-electron chi connectivity index (χ2n) is 6.08. The summed E-state index contributed by atoms with van der Waals surface area (Å²) in [7, 11) is 0. The van der Waals surface area contributed by atoms with Crippen molar-refractivity contribution in [2.24, 2.45) is 0 Å². The van der Waals surface area contributed by atoms with Gasteiger partial charge in [-0.25, -0.2) is 0 Å². The van der Waals surface area contributed by atoms with Crippen molar-refractivity contribution in [3.8, 4) is 5.75 Å². The maximum Gasteiger partial charge on any atom is 0.257 e. The molecule has 0 aromatic heterocycles. The smallest absolute Gasteiger partial charge is 0.257 e. The molecule has 0 saturated carbocycles. The van der Waals surface area contributed by atoms with Crippen LogP contribution in [0.5, 0.6) is 5.75 Å². The van der Waals surface area contributed by atoms with Crippen LogP contribution >= 0.6 is 35.0 Å². The van der Waals surface area contributed by atoms with Gasteiger partial charge < -0.3 is 20.0 Å². The molecule has 154 valence electrons. The Hall–Kier alpha value is -2.67. The minimum absolute atomic E-state index is 0.0806. The van der Waals surface area contributed by atoms with Crippen LogP contribution in [0.25, 0.3) is 0 Å². The molecule has 3 aromatic carbocycles. The van der Waals surface area contributed by atoms with Crippen molar-refractivity contribution in [2.75, 3.05) is 17.7 Å². The average Bonchev–Trinajstić information content (AvgIpc) is 2.72. The quantitative estimate of drug-likeness (QED) is 0.386. The minimum atomic E-state index is -1.43. The number of carbonyl (C=O) groups excluding carboxylic acids is 2. The van der Waals surface area contributed by atoms with Crippen molar-refractivity contribution < 1.29 is 19.4 Å². The van der Waals surface area contributed by atoms with Crippen molar-refractivity contribution >= 4 is 52.5 Å². The molecule has 0 bridgehead atoms. The van der Waals surface area contributed by atoms with E-state index in [0.29, 0.717) is 23.1 Å². The van der Waals surface area contributed by atoms with Crippen molar-refractivity contribution in [2.45, 2.75) is 4.90 Å². The Morgan fingerprint density at radius 2 is 1.73 bits per heavy atom. The van der Waals surface area contributed by atoms with E-state index >= 15 is 0 Å². The van der Waals surface area contributed by atoms with Gasteiger partial charge in [-0.3, -0.25) is 4.79 Å². The minimum Gasteiger partial charge on any atom is -0.545 e. The van der Waals surface area contributed by atoms with Crippen LogP contribution < -0.4 is 15.2 Å². The number of hydrogen-bond donors (Lipinski definition) is 1. The predicted molar refractivity (Wildman–Crippen MR) is 118 cm³/mol. The molecule has 0 aliphatic rings. The molecule has 0 fully saturated rings. The van der Waals surface area contributed by atoms with Gasteiger partial charge in [-0.2, -0.15) is 0 Å². The van der Waals surface area contributed by atoms with Crippen LogP contribution in [0.2, 0.25) is 10.0 Å². The van der Waals surface area contributed by atoms with E-state index in [4.69, 9.17) is 27.9 Å². The van der Waals surface area contributed by atoms with Crippen molar-refractivity contribution in [3.05, 3.63) is 87.9 Å². The number of halogens is 2. The molecule has 1 amide bonds. The molecule has 8 heteroatoms. The molecule has 0 heterocycles. The highest BCUT2D eigenvalue weighted by Gasteiger charge is 2.14. The second kappa shape index (κ2) is 10.4. The number of carbonyl (C=O) groups is 2. The Labute approximate surface area is 188 Å². The maximum atomic E-state index is 12.5. The first-order chi connectivity index (χ1) is 14.4. The number of ether oxygens (including phenoxy) is 1. The molecular weight excluding hydrogens is 445 g/mol. The van der Waals surface area contributed by atoms with Crippen molar-refractivity contribution in [1.29, 1.82) is 0 Å². The van der Waals surface area contributed by atoms with E-state index in [1.165, 1.54) is 30.3 Å². The molecule has 3 aromatic rings. The van der Waals surface area contributed by atoms with E-state index in [1.807, 2.05) is 30.3 Å². The van der Waals surface area contributed by atoms with Crippen molar-refractivity contribution in [3.63, 3.8) is 0 Å². The van der Waals surface area contributed by atoms with Gasteiger partial charge in [0.15, 0.2) is 0 Å². The highest BCUT2D eigenvalue weighted by molar-refractivity contribution is 7.99. The number of thioether (sulfide) groups is 1. The Balaban J connectivity index is 1.66. The summed E-state index contributed by atoms with van der Waals surface area (Å²) in [6, 6.07) is 18.6. The van der Waals surface area contributed by atoms with E-state index in [2.05, 4.69) is 5.32 Å². The molecule has 0 aliphatic heterocycles. The Morgan fingerprint density at radius 3 is 2.43 bits per heavy atom. The lowest BCUT2D eigenvalue weighted by Gasteiger charge is -2.15. The zero-order chi connectivity index (χ0) is 21.5. The topological polar surface area (TPSA) is 78.5 Å². The lowest BCUT2D eigenvalue weighted by molar-refractivity contribution is -0.254. The fourth-order valence-electron chi connectivity index (χ4n) is 2.59. The van der Waals surface area contributed by atoms with Gasteiger partial charge in [0, 0.05) is 21.2 Å². The molecule has 0 aliphatic carbocycles. The Morgan fingerprint density at radius 1 is 0.967 bits per heavy atom. The maximum absolute atomic E-state index is 12.5. The van der Waals surface area contributed by atoms with Crippen LogP contribution in [-0.2, 0) is 0 Å². The van der Waals surface area contributed by atoms with Gasteiger partial charge >= 0.3 is 0 Å². The third-order valence-corrected chi connectivity index (χ3v) is 5.52. The largest absolute Gasteiger partial charge is 0.545 e. The second-order valence-corrected chi connectivity index (χ2v) is 8.10. The summed E-state index contributed by atoms with van der Waals surface area (Å²) < 4.78 is 5.64. The normalized spacial score (nSPS) is 10.5. The van der Waals surface area contributed by atoms with Gasteiger partial charge in [0.1, 0.15) is 5.75 Å². The van der Waals surface area contributed by atoms with Gasteiger partial charge in [-0.05, 0) is 48.5 Å². The summed E-state index contributed by atoms with van der Waals surface area (Å²) in [5, 5.41) is 14.6. The van der Waals surface area contributed by atoms with Crippen LogP contribution in [-0.4, -0.2) is 24.2 Å². The van der Waals surface area contributed by atoms with E-state index < -0.39 is 11.9 Å². The summed E-state index contributed by atoms with van der Waals surface area (Å²) in [5.74, 6) is -0.938. The Kier molecular flexibility index (Phi) is 7.63. The molecule has 0 saturated heterocycles. The van der Waals surface area contributed by atoms with Gasteiger partial charge in [-0.15, -0.1) is 11.8 Å². The highest BCUT2D eigenvalue weighted by Crippen LogP contribution is 2.26. The van der Waals surface area contributed by atoms with Gasteiger partial charge in [0.05, 0.1) is 28.8 Å². The van der Waals surface area contributed by atoms with Crippen LogP contribution in [0.15, 0.2) is 71.6 Å². The summed E-state index contributed by atoms with van der Waals surface area (Å²) in [6.45, 7) is 0.387. The standard InChI is InChI=1S/C22H17Cl2NO4S/c23-14-6-8-17(19(24)12-14)21(26)25-20-9-7-15(13-18(20)22(27)28)29-10-11-30-16-4-2-1-3-5-16/h1-9,12-13H,10-11H2,(H,25,26)(H,27,28)/p-1. The van der Waals surface area contributed by atoms with Gasteiger partial charge in [0.25, 0.3) is 5.91 Å². The molecule has 1 N–H and O–H groups in total. The molecule has 3 rings (SSSR count). The van der Waals surface area contributed by atoms with E-state index in [-0.39, 0.29) is 21.8 Å². The zero-order valence-electron chi connectivity index (χ0n) is 15.6. The fourth-order valence-corrected chi connectivity index (χ4v) is 3.84. The van der Waals surface area contributed by atoms with Crippen molar-refractivity contribution in [1.82, 2.24) is 0 Å². The summed E-state index contributed by atoms with van der Waals surface area (Å²) in [4.78, 5) is 25.1. The van der Waals surface area contributed by atoms with E-state index in [9.17, 15) is 14.7 Å². The SMILES string of the molecule is O=C(Nc1ccc(OCCSc2ccccc2)cc1C(=O)[O-])c1ccc(Cl)cc1Cl. The number of carboxylic acid groups (broad SMARTS) is 1. The highest BCUT2D eigenvalue weighted by atomic mass is 35.5. The molecule has 0 atom stereocenters. The van der Waals surface area contributed by atoms with Crippen LogP contribution in [0.1, 0.15) is 20.7 Å². The fraction of sp³-hybridized carbons (Fsp3) is 0.0909.